The van der Waals surface area contributed by atoms with Crippen molar-refractivity contribution in [1.82, 2.24) is 5.32 Å². The summed E-state index contributed by atoms with van der Waals surface area (Å²) in [5.74, 6) is 1.87. The second kappa shape index (κ2) is 8.97. The van der Waals surface area contributed by atoms with Gasteiger partial charge in [0.05, 0.1) is 13.7 Å². The predicted octanol–water partition coefficient (Wildman–Crippen LogP) is 3.27. The molecule has 0 aliphatic heterocycles. The van der Waals surface area contributed by atoms with Crippen molar-refractivity contribution in [2.75, 3.05) is 20.3 Å². The van der Waals surface area contributed by atoms with E-state index in [2.05, 4.69) is 5.32 Å². The Bertz CT molecular complexity index is 715. The number of nitrogens with one attached hydrogen (secondary N) is 1. The first-order valence-electron chi connectivity index (χ1n) is 8.29. The van der Waals surface area contributed by atoms with Crippen LogP contribution in [-0.2, 0) is 4.79 Å². The van der Waals surface area contributed by atoms with Gasteiger partial charge in [-0.3, -0.25) is 4.79 Å². The van der Waals surface area contributed by atoms with E-state index in [4.69, 9.17) is 14.2 Å². The molecule has 0 bridgehead atoms. The summed E-state index contributed by atoms with van der Waals surface area (Å²) in [5, 5.41) is 2.81. The van der Waals surface area contributed by atoms with Gasteiger partial charge in [-0.2, -0.15) is 0 Å². The minimum atomic E-state index is -0.577. The van der Waals surface area contributed by atoms with Crippen molar-refractivity contribution in [2.24, 2.45) is 0 Å². The van der Waals surface area contributed by atoms with Crippen molar-refractivity contribution in [3.8, 4) is 17.2 Å². The number of ether oxygens (including phenoxy) is 3. The molecule has 1 atom stereocenters. The van der Waals surface area contributed by atoms with Crippen LogP contribution in [0.3, 0.4) is 0 Å². The number of carbonyl (C=O) groups excluding carboxylic acids is 1. The molecule has 0 aliphatic rings. The maximum absolute atomic E-state index is 12.2. The third-order valence-electron chi connectivity index (χ3n) is 3.96. The SMILES string of the molecule is COc1ccccc1OCCNC(=O)C(C)Oc1cccc(C)c1C. The highest BCUT2D eigenvalue weighted by atomic mass is 16.5. The molecule has 0 saturated carbocycles. The van der Waals surface area contributed by atoms with Crippen molar-refractivity contribution in [3.05, 3.63) is 53.6 Å². The zero-order valence-electron chi connectivity index (χ0n) is 15.2. The van der Waals surface area contributed by atoms with E-state index < -0.39 is 6.10 Å². The molecular formula is C20H25NO4. The zero-order chi connectivity index (χ0) is 18.2. The van der Waals surface area contributed by atoms with Gasteiger partial charge in [-0.1, -0.05) is 24.3 Å². The molecule has 25 heavy (non-hydrogen) atoms. The first kappa shape index (κ1) is 18.6. The predicted molar refractivity (Wildman–Crippen MR) is 97.5 cm³/mol. The minimum Gasteiger partial charge on any atom is -0.493 e. The number of hydrogen-bond acceptors (Lipinski definition) is 4. The molecule has 0 spiro atoms. The smallest absolute Gasteiger partial charge is 0.260 e. The highest BCUT2D eigenvalue weighted by Gasteiger charge is 2.15. The van der Waals surface area contributed by atoms with Gasteiger partial charge in [-0.15, -0.1) is 0 Å². The maximum atomic E-state index is 12.2. The number of hydrogen-bond donors (Lipinski definition) is 1. The van der Waals surface area contributed by atoms with Gasteiger partial charge in [-0.05, 0) is 50.1 Å². The summed E-state index contributed by atoms with van der Waals surface area (Å²) in [4.78, 5) is 12.2. The summed E-state index contributed by atoms with van der Waals surface area (Å²) in [6.45, 7) is 6.47. The van der Waals surface area contributed by atoms with Crippen LogP contribution < -0.4 is 19.5 Å². The van der Waals surface area contributed by atoms with Crippen LogP contribution in [0.4, 0.5) is 0 Å². The largest absolute Gasteiger partial charge is 0.493 e. The van der Waals surface area contributed by atoms with Crippen LogP contribution in [0.25, 0.3) is 0 Å². The molecule has 2 aromatic rings. The normalized spacial score (nSPS) is 11.5. The second-order valence-corrected chi connectivity index (χ2v) is 5.75. The van der Waals surface area contributed by atoms with Crippen molar-refractivity contribution in [3.63, 3.8) is 0 Å². The highest BCUT2D eigenvalue weighted by Crippen LogP contribution is 2.25. The average molecular weight is 343 g/mol. The van der Waals surface area contributed by atoms with E-state index in [1.165, 1.54) is 0 Å². The van der Waals surface area contributed by atoms with E-state index in [1.807, 2.05) is 56.3 Å². The number of methoxy groups -OCH3 is 1. The molecule has 0 fully saturated rings. The Kier molecular flexibility index (Phi) is 6.69. The van der Waals surface area contributed by atoms with Gasteiger partial charge in [0.15, 0.2) is 17.6 Å². The second-order valence-electron chi connectivity index (χ2n) is 5.75. The highest BCUT2D eigenvalue weighted by molar-refractivity contribution is 5.80. The van der Waals surface area contributed by atoms with Crippen molar-refractivity contribution < 1.29 is 19.0 Å². The van der Waals surface area contributed by atoms with E-state index in [1.54, 1.807) is 14.0 Å². The maximum Gasteiger partial charge on any atom is 0.260 e. The van der Waals surface area contributed by atoms with Crippen molar-refractivity contribution in [2.45, 2.75) is 26.9 Å². The number of benzene rings is 2. The van der Waals surface area contributed by atoms with Crippen LogP contribution in [0.15, 0.2) is 42.5 Å². The average Bonchev–Trinajstić information content (AvgIpc) is 2.62. The van der Waals surface area contributed by atoms with Crippen LogP contribution in [0.5, 0.6) is 17.2 Å². The molecule has 2 rings (SSSR count). The lowest BCUT2D eigenvalue weighted by Gasteiger charge is -2.17. The fourth-order valence-electron chi connectivity index (χ4n) is 2.31. The van der Waals surface area contributed by atoms with Crippen LogP contribution in [0.2, 0.25) is 0 Å². The summed E-state index contributed by atoms with van der Waals surface area (Å²) >= 11 is 0. The lowest BCUT2D eigenvalue weighted by molar-refractivity contribution is -0.127. The molecule has 1 amide bonds. The van der Waals surface area contributed by atoms with Crippen LogP contribution in [0.1, 0.15) is 18.1 Å². The third kappa shape index (κ3) is 5.14. The van der Waals surface area contributed by atoms with E-state index in [9.17, 15) is 4.79 Å². The Morgan fingerprint density at radius 1 is 1.04 bits per heavy atom. The molecule has 5 heteroatoms. The van der Waals surface area contributed by atoms with Crippen LogP contribution in [0, 0.1) is 13.8 Å². The summed E-state index contributed by atoms with van der Waals surface area (Å²) < 4.78 is 16.6. The molecule has 0 aromatic heterocycles. The van der Waals surface area contributed by atoms with Crippen LogP contribution in [-0.4, -0.2) is 32.3 Å². The topological polar surface area (TPSA) is 56.8 Å². The van der Waals surface area contributed by atoms with Gasteiger partial charge in [0, 0.05) is 0 Å². The minimum absolute atomic E-state index is 0.176. The fraction of sp³-hybridized carbons (Fsp3) is 0.350. The lowest BCUT2D eigenvalue weighted by atomic mass is 10.1. The van der Waals surface area contributed by atoms with Gasteiger partial charge >= 0.3 is 0 Å². The molecular weight excluding hydrogens is 318 g/mol. The molecule has 2 aromatic carbocycles. The van der Waals surface area contributed by atoms with Gasteiger partial charge in [0.1, 0.15) is 12.4 Å². The summed E-state index contributed by atoms with van der Waals surface area (Å²) in [5.41, 5.74) is 2.18. The Hall–Kier alpha value is -2.69. The first-order chi connectivity index (χ1) is 12.0. The number of amides is 1. The molecule has 0 radical (unpaired) electrons. The number of para-hydroxylation sites is 2. The van der Waals surface area contributed by atoms with E-state index >= 15 is 0 Å². The molecule has 0 heterocycles. The third-order valence-corrected chi connectivity index (χ3v) is 3.96. The van der Waals surface area contributed by atoms with Gasteiger partial charge in [0.2, 0.25) is 0 Å². The molecule has 5 nitrogen and oxygen atoms in total. The molecule has 0 saturated heterocycles. The number of rotatable bonds is 8. The lowest BCUT2D eigenvalue weighted by Crippen LogP contribution is -2.38. The standard InChI is InChI=1S/C20H25NO4/c1-14-8-7-11-17(15(14)2)25-16(3)20(22)21-12-13-24-19-10-6-5-9-18(19)23-4/h5-11,16H,12-13H2,1-4H3,(H,21,22). The monoisotopic (exact) mass is 343 g/mol. The van der Waals surface area contributed by atoms with Crippen molar-refractivity contribution in [1.29, 1.82) is 0 Å². The Labute approximate surface area is 148 Å². The van der Waals surface area contributed by atoms with Crippen LogP contribution >= 0.6 is 0 Å². The molecule has 1 N–H and O–H groups in total. The Balaban J connectivity index is 1.79. The molecule has 1 unspecified atom stereocenters. The van der Waals surface area contributed by atoms with E-state index in [0.29, 0.717) is 24.7 Å². The Morgan fingerprint density at radius 3 is 2.44 bits per heavy atom. The number of aryl methyl sites for hydroxylation is 1. The quantitative estimate of drug-likeness (QED) is 0.748. The Morgan fingerprint density at radius 2 is 1.72 bits per heavy atom. The first-order valence-corrected chi connectivity index (χ1v) is 8.29. The molecule has 0 aliphatic carbocycles. The molecule has 134 valence electrons. The van der Waals surface area contributed by atoms with Gasteiger partial charge < -0.3 is 19.5 Å². The van der Waals surface area contributed by atoms with Crippen molar-refractivity contribution >= 4 is 5.91 Å². The van der Waals surface area contributed by atoms with E-state index in [-0.39, 0.29) is 5.91 Å². The summed E-state index contributed by atoms with van der Waals surface area (Å²) in [7, 11) is 1.59. The summed E-state index contributed by atoms with van der Waals surface area (Å²) in [6, 6.07) is 13.2. The fourth-order valence-corrected chi connectivity index (χ4v) is 2.31. The van der Waals surface area contributed by atoms with Gasteiger partial charge in [-0.25, -0.2) is 0 Å². The summed E-state index contributed by atoms with van der Waals surface area (Å²) in [6.07, 6.45) is -0.577. The van der Waals surface area contributed by atoms with E-state index in [0.717, 1.165) is 16.9 Å². The zero-order valence-corrected chi connectivity index (χ0v) is 15.2. The van der Waals surface area contributed by atoms with Gasteiger partial charge in [0.25, 0.3) is 5.91 Å². The number of carbonyl (C=O) groups is 1.